The quantitative estimate of drug-likeness (QED) is 0.366. The number of rotatable bonds is 11. The fourth-order valence-corrected chi connectivity index (χ4v) is 7.22. The number of carbonyl (C=O) groups excluding carboxylic acids is 2. The fourth-order valence-electron chi connectivity index (χ4n) is 5.18. The van der Waals surface area contributed by atoms with Gasteiger partial charge in [0.1, 0.15) is 9.96 Å². The van der Waals surface area contributed by atoms with Crippen molar-refractivity contribution in [2.24, 2.45) is 5.92 Å². The largest absolute Gasteiger partial charge is 0.490 e. The standard InChI is InChI=1S/C32H50N4O7S2/c1-23-20-36(24(2)22-37)32(39)27-19-26(33-45(40,41)31-13-10-18-44-31)14-15-28(27)43-25(3)11-7-8-17-42-29(23)21-35(6)30(38)12-9-16-34(4)5/h10,13-15,18-19,23-25,29,33,37H,7-9,11-12,16-17,20-22H2,1-6H3/t23-,24+,25+,29+/m1/s1. The molecule has 0 saturated carbocycles. The zero-order valence-corrected chi connectivity index (χ0v) is 29.0. The first-order valence-corrected chi connectivity index (χ1v) is 18.0. The molecule has 0 saturated heterocycles. The van der Waals surface area contributed by atoms with Crippen molar-refractivity contribution >= 4 is 38.9 Å². The van der Waals surface area contributed by atoms with Crippen molar-refractivity contribution in [1.82, 2.24) is 14.7 Å². The molecule has 4 atom stereocenters. The lowest BCUT2D eigenvalue weighted by atomic mass is 10.0. The van der Waals surface area contributed by atoms with Gasteiger partial charge in [0.15, 0.2) is 0 Å². The van der Waals surface area contributed by atoms with E-state index >= 15 is 0 Å². The van der Waals surface area contributed by atoms with Crippen LogP contribution in [0.3, 0.4) is 0 Å². The number of sulfonamides is 1. The van der Waals surface area contributed by atoms with Crippen molar-refractivity contribution < 1.29 is 32.6 Å². The predicted molar refractivity (Wildman–Crippen MR) is 177 cm³/mol. The number of carbonyl (C=O) groups is 2. The Kier molecular flexibility index (Phi) is 14.1. The van der Waals surface area contributed by atoms with Crippen LogP contribution in [-0.2, 0) is 19.6 Å². The predicted octanol–water partition coefficient (Wildman–Crippen LogP) is 4.14. The number of anilines is 1. The van der Waals surface area contributed by atoms with E-state index in [1.165, 1.54) is 12.1 Å². The maximum absolute atomic E-state index is 14.3. The molecule has 1 aromatic carbocycles. The average molecular weight is 667 g/mol. The minimum atomic E-state index is -3.84. The second kappa shape index (κ2) is 17.3. The smallest absolute Gasteiger partial charge is 0.271 e. The molecule has 252 valence electrons. The maximum Gasteiger partial charge on any atom is 0.271 e. The lowest BCUT2D eigenvalue weighted by molar-refractivity contribution is -0.132. The van der Waals surface area contributed by atoms with E-state index in [1.54, 1.807) is 47.4 Å². The van der Waals surface area contributed by atoms with Crippen LogP contribution in [0.25, 0.3) is 0 Å². The van der Waals surface area contributed by atoms with Gasteiger partial charge < -0.3 is 29.3 Å². The Balaban J connectivity index is 1.92. The number of hydrogen-bond acceptors (Lipinski definition) is 9. The van der Waals surface area contributed by atoms with Gasteiger partial charge in [-0.15, -0.1) is 11.3 Å². The second-order valence-electron chi connectivity index (χ2n) is 12.2. The third-order valence-electron chi connectivity index (χ3n) is 7.94. The molecule has 2 heterocycles. The lowest BCUT2D eigenvalue weighted by Gasteiger charge is -2.36. The first kappa shape index (κ1) is 36.8. The maximum atomic E-state index is 14.3. The molecule has 1 aliphatic heterocycles. The number of aliphatic hydroxyl groups excluding tert-OH is 1. The minimum absolute atomic E-state index is 0.0427. The molecular formula is C32H50N4O7S2. The Labute approximate surface area is 272 Å². The monoisotopic (exact) mass is 666 g/mol. The number of ether oxygens (including phenoxy) is 2. The molecular weight excluding hydrogens is 617 g/mol. The summed E-state index contributed by atoms with van der Waals surface area (Å²) >= 11 is 1.10. The highest BCUT2D eigenvalue weighted by atomic mass is 32.2. The Morgan fingerprint density at radius 1 is 1.20 bits per heavy atom. The number of fused-ring (bicyclic) bond motifs is 1. The van der Waals surface area contributed by atoms with Crippen LogP contribution in [0.2, 0.25) is 0 Å². The molecule has 2 aromatic rings. The lowest BCUT2D eigenvalue weighted by Crippen LogP contribution is -2.48. The van der Waals surface area contributed by atoms with E-state index in [4.69, 9.17) is 9.47 Å². The average Bonchev–Trinajstić information content (AvgIpc) is 3.54. The van der Waals surface area contributed by atoms with E-state index in [9.17, 15) is 23.1 Å². The molecule has 13 heteroatoms. The molecule has 0 spiro atoms. The van der Waals surface area contributed by atoms with Crippen LogP contribution in [0.1, 0.15) is 63.2 Å². The molecule has 1 aliphatic rings. The van der Waals surface area contributed by atoms with Crippen LogP contribution < -0.4 is 9.46 Å². The van der Waals surface area contributed by atoms with Crippen LogP contribution in [0, 0.1) is 5.92 Å². The molecule has 0 unspecified atom stereocenters. The molecule has 2 N–H and O–H groups in total. The number of nitrogens with one attached hydrogen (secondary N) is 1. The number of benzene rings is 1. The van der Waals surface area contributed by atoms with Crippen LogP contribution in [0.15, 0.2) is 39.9 Å². The second-order valence-corrected chi connectivity index (χ2v) is 15.1. The van der Waals surface area contributed by atoms with Crippen molar-refractivity contribution in [2.45, 2.75) is 75.3 Å². The highest BCUT2D eigenvalue weighted by Gasteiger charge is 2.31. The Morgan fingerprint density at radius 2 is 1.96 bits per heavy atom. The van der Waals surface area contributed by atoms with Crippen molar-refractivity contribution in [3.63, 3.8) is 0 Å². The number of thiophene rings is 1. The summed E-state index contributed by atoms with van der Waals surface area (Å²) in [5.41, 5.74) is 0.427. The summed E-state index contributed by atoms with van der Waals surface area (Å²) in [5.74, 6) is -0.193. The highest BCUT2D eigenvalue weighted by molar-refractivity contribution is 7.94. The van der Waals surface area contributed by atoms with Gasteiger partial charge >= 0.3 is 0 Å². The van der Waals surface area contributed by atoms with E-state index in [0.29, 0.717) is 25.3 Å². The topological polar surface area (TPSA) is 129 Å². The highest BCUT2D eigenvalue weighted by Crippen LogP contribution is 2.30. The van der Waals surface area contributed by atoms with E-state index in [-0.39, 0.29) is 52.6 Å². The van der Waals surface area contributed by atoms with Gasteiger partial charge in [0.05, 0.1) is 30.4 Å². The summed E-state index contributed by atoms with van der Waals surface area (Å²) in [6.45, 7) is 7.37. The van der Waals surface area contributed by atoms with E-state index in [0.717, 1.165) is 43.6 Å². The molecule has 1 aromatic heterocycles. The zero-order chi connectivity index (χ0) is 33.1. The summed E-state index contributed by atoms with van der Waals surface area (Å²) in [4.78, 5) is 32.5. The Hall–Kier alpha value is -2.71. The van der Waals surface area contributed by atoms with E-state index in [1.807, 2.05) is 27.9 Å². The van der Waals surface area contributed by atoms with Crippen molar-refractivity contribution in [2.75, 3.05) is 58.7 Å². The van der Waals surface area contributed by atoms with Crippen molar-refractivity contribution in [3.8, 4) is 5.75 Å². The summed E-state index contributed by atoms with van der Waals surface area (Å²) in [6, 6.07) is 7.34. The first-order chi connectivity index (χ1) is 21.3. The summed E-state index contributed by atoms with van der Waals surface area (Å²) in [6.07, 6.45) is 3.03. The SMILES string of the molecule is C[C@@H]1CN([C@@H](C)CO)C(=O)c2cc(NS(=O)(=O)c3cccs3)ccc2O[C@@H](C)CCCCO[C@H]1CN(C)C(=O)CCCN(C)C. The fraction of sp³-hybridized carbons (Fsp3) is 0.625. The van der Waals surface area contributed by atoms with E-state index in [2.05, 4.69) is 9.62 Å². The Bertz CT molecular complexity index is 1340. The Morgan fingerprint density at radius 3 is 2.62 bits per heavy atom. The third kappa shape index (κ3) is 11.0. The van der Waals surface area contributed by atoms with Crippen LogP contribution in [0.5, 0.6) is 5.75 Å². The normalized spacial score (nSPS) is 21.0. The van der Waals surface area contributed by atoms with Gasteiger partial charge in [-0.05, 0) is 89.8 Å². The number of aliphatic hydroxyl groups is 1. The van der Waals surface area contributed by atoms with Crippen molar-refractivity contribution in [3.05, 3.63) is 41.3 Å². The van der Waals surface area contributed by atoms with Gasteiger partial charge in [0.2, 0.25) is 5.91 Å². The first-order valence-electron chi connectivity index (χ1n) is 15.6. The number of likely N-dealkylation sites (N-methyl/N-ethyl adjacent to an activating group) is 1. The van der Waals surface area contributed by atoms with Gasteiger partial charge in [-0.2, -0.15) is 0 Å². The summed E-state index contributed by atoms with van der Waals surface area (Å²) < 4.78 is 41.2. The molecule has 0 fully saturated rings. The molecule has 3 rings (SSSR count). The van der Waals surface area contributed by atoms with Crippen molar-refractivity contribution in [1.29, 1.82) is 0 Å². The summed E-state index contributed by atoms with van der Waals surface area (Å²) in [7, 11) is 1.90. The van der Waals surface area contributed by atoms with Crippen LogP contribution in [0.4, 0.5) is 5.69 Å². The van der Waals surface area contributed by atoms with E-state index < -0.39 is 22.0 Å². The third-order valence-corrected chi connectivity index (χ3v) is 10.7. The zero-order valence-electron chi connectivity index (χ0n) is 27.4. The minimum Gasteiger partial charge on any atom is -0.490 e. The van der Waals surface area contributed by atoms with Gasteiger partial charge in [0.25, 0.3) is 15.9 Å². The van der Waals surface area contributed by atoms with Gasteiger partial charge in [0, 0.05) is 44.8 Å². The van der Waals surface area contributed by atoms with Gasteiger partial charge in [-0.25, -0.2) is 8.42 Å². The number of amides is 2. The number of hydrogen-bond donors (Lipinski definition) is 2. The molecule has 0 aliphatic carbocycles. The van der Waals surface area contributed by atoms with Crippen LogP contribution >= 0.6 is 11.3 Å². The number of nitrogens with zero attached hydrogens (tertiary/aromatic N) is 3. The van der Waals surface area contributed by atoms with Gasteiger partial charge in [-0.3, -0.25) is 14.3 Å². The van der Waals surface area contributed by atoms with Crippen LogP contribution in [-0.4, -0.2) is 112 Å². The molecule has 11 nitrogen and oxygen atoms in total. The molecule has 0 radical (unpaired) electrons. The molecule has 45 heavy (non-hydrogen) atoms. The summed E-state index contributed by atoms with van der Waals surface area (Å²) in [5, 5.41) is 11.8. The van der Waals surface area contributed by atoms with Gasteiger partial charge in [-0.1, -0.05) is 13.0 Å². The molecule has 0 bridgehead atoms. The molecule has 2 amide bonds.